The minimum Gasteiger partial charge on any atom is -0.450 e. The lowest BCUT2D eigenvalue weighted by Crippen LogP contribution is -2.10. The first-order valence-corrected chi connectivity index (χ1v) is 7.76. The van der Waals surface area contributed by atoms with E-state index in [0.717, 1.165) is 22.0 Å². The van der Waals surface area contributed by atoms with Crippen LogP contribution in [0.1, 0.15) is 21.8 Å². The topological polar surface area (TPSA) is 78.9 Å². The van der Waals surface area contributed by atoms with Gasteiger partial charge in [0, 0.05) is 22.2 Å². The van der Waals surface area contributed by atoms with Crippen LogP contribution in [0.5, 0.6) is 0 Å². The first-order valence-electron chi connectivity index (χ1n) is 7.76. The molecular formula is C20H13N3O2. The van der Waals surface area contributed by atoms with E-state index in [-0.39, 0.29) is 11.7 Å². The molecule has 0 saturated heterocycles. The minimum absolute atomic E-state index is 0.207. The number of rotatable bonds is 2. The summed E-state index contributed by atoms with van der Waals surface area (Å²) in [4.78, 5) is 17.1. The van der Waals surface area contributed by atoms with Crippen LogP contribution in [0.2, 0.25) is 0 Å². The van der Waals surface area contributed by atoms with Crippen LogP contribution in [0, 0.1) is 18.3 Å². The lowest BCUT2D eigenvalue weighted by Gasteiger charge is -2.02. The quantitative estimate of drug-likeness (QED) is 0.591. The van der Waals surface area contributed by atoms with Crippen molar-refractivity contribution < 1.29 is 9.21 Å². The van der Waals surface area contributed by atoms with Crippen molar-refractivity contribution >= 4 is 33.5 Å². The Morgan fingerprint density at radius 2 is 1.96 bits per heavy atom. The lowest BCUT2D eigenvalue weighted by atomic mass is 10.1. The third kappa shape index (κ3) is 2.60. The fourth-order valence-electron chi connectivity index (χ4n) is 2.83. The number of hydrogen-bond acceptors (Lipinski definition) is 4. The van der Waals surface area contributed by atoms with Gasteiger partial charge in [-0.05, 0) is 43.3 Å². The molecule has 0 unspecified atom stereocenters. The van der Waals surface area contributed by atoms with Gasteiger partial charge in [0.2, 0.25) is 0 Å². The van der Waals surface area contributed by atoms with Gasteiger partial charge in [-0.2, -0.15) is 5.26 Å². The Balaban J connectivity index is 1.76. The van der Waals surface area contributed by atoms with E-state index >= 15 is 0 Å². The molecule has 0 saturated carbocycles. The highest BCUT2D eigenvalue weighted by Crippen LogP contribution is 2.29. The number of nitrogens with zero attached hydrogens (tertiary/aromatic N) is 2. The van der Waals surface area contributed by atoms with Gasteiger partial charge < -0.3 is 9.73 Å². The molecule has 4 aromatic rings. The van der Waals surface area contributed by atoms with Gasteiger partial charge in [0.05, 0.1) is 17.1 Å². The van der Waals surface area contributed by atoms with Gasteiger partial charge in [-0.3, -0.25) is 9.78 Å². The van der Waals surface area contributed by atoms with Gasteiger partial charge in [0.15, 0.2) is 5.76 Å². The summed E-state index contributed by atoms with van der Waals surface area (Å²) in [7, 11) is 0. The molecule has 0 spiro atoms. The molecule has 0 radical (unpaired) electrons. The normalized spacial score (nSPS) is 10.7. The summed E-state index contributed by atoms with van der Waals surface area (Å²) in [5.41, 5.74) is 3.31. The van der Waals surface area contributed by atoms with Crippen LogP contribution < -0.4 is 5.32 Å². The SMILES string of the molecule is Cc1nc2ccccc2c2oc(C(=O)Nc3cccc(C#N)c3)cc12. The van der Waals surface area contributed by atoms with Crippen molar-refractivity contribution in [1.29, 1.82) is 5.26 Å². The molecule has 120 valence electrons. The molecule has 1 N–H and O–H groups in total. The Morgan fingerprint density at radius 3 is 2.80 bits per heavy atom. The molecule has 0 fully saturated rings. The van der Waals surface area contributed by atoms with Crippen LogP contribution in [0.15, 0.2) is 59.0 Å². The first-order chi connectivity index (χ1) is 12.2. The molecule has 1 amide bonds. The third-order valence-corrected chi connectivity index (χ3v) is 4.03. The van der Waals surface area contributed by atoms with Crippen LogP contribution in [-0.4, -0.2) is 10.9 Å². The summed E-state index contributed by atoms with van der Waals surface area (Å²) < 4.78 is 5.84. The summed E-state index contributed by atoms with van der Waals surface area (Å²) in [6, 6.07) is 18.1. The van der Waals surface area contributed by atoms with Crippen LogP contribution in [0.3, 0.4) is 0 Å². The van der Waals surface area contributed by atoms with Gasteiger partial charge in [0.25, 0.3) is 5.91 Å². The number of furan rings is 1. The zero-order chi connectivity index (χ0) is 17.4. The lowest BCUT2D eigenvalue weighted by molar-refractivity contribution is 0.0999. The maximum absolute atomic E-state index is 12.5. The number of aromatic nitrogens is 1. The Labute approximate surface area is 143 Å². The van der Waals surface area contributed by atoms with Crippen LogP contribution in [0.4, 0.5) is 5.69 Å². The molecule has 2 aromatic carbocycles. The van der Waals surface area contributed by atoms with Crippen LogP contribution >= 0.6 is 0 Å². The summed E-state index contributed by atoms with van der Waals surface area (Å²) >= 11 is 0. The molecule has 0 aliphatic heterocycles. The second-order valence-electron chi connectivity index (χ2n) is 5.71. The molecule has 25 heavy (non-hydrogen) atoms. The van der Waals surface area contributed by atoms with Crippen molar-refractivity contribution in [3.63, 3.8) is 0 Å². The van der Waals surface area contributed by atoms with Gasteiger partial charge in [-0.15, -0.1) is 0 Å². The number of pyridine rings is 1. The molecule has 0 atom stereocenters. The number of amides is 1. The number of nitrogens with one attached hydrogen (secondary N) is 1. The smallest absolute Gasteiger partial charge is 0.291 e. The van der Waals surface area contributed by atoms with Crippen molar-refractivity contribution in [3.8, 4) is 6.07 Å². The Hall–Kier alpha value is -3.65. The predicted octanol–water partition coefficient (Wildman–Crippen LogP) is 4.41. The monoisotopic (exact) mass is 327 g/mol. The van der Waals surface area contributed by atoms with Gasteiger partial charge in [0.1, 0.15) is 5.58 Å². The average molecular weight is 327 g/mol. The Kier molecular flexibility index (Phi) is 3.44. The van der Waals surface area contributed by atoms with Crippen molar-refractivity contribution in [2.75, 3.05) is 5.32 Å². The molecule has 0 bridgehead atoms. The molecule has 2 heterocycles. The molecular weight excluding hydrogens is 314 g/mol. The van der Waals surface area contributed by atoms with E-state index in [9.17, 15) is 4.79 Å². The zero-order valence-electron chi connectivity index (χ0n) is 13.4. The van der Waals surface area contributed by atoms with E-state index in [2.05, 4.69) is 10.3 Å². The van der Waals surface area contributed by atoms with E-state index < -0.39 is 0 Å². The van der Waals surface area contributed by atoms with Gasteiger partial charge in [-0.25, -0.2) is 0 Å². The van der Waals surface area contributed by atoms with Gasteiger partial charge >= 0.3 is 0 Å². The van der Waals surface area contributed by atoms with E-state index in [1.165, 1.54) is 0 Å². The Morgan fingerprint density at radius 1 is 1.12 bits per heavy atom. The summed E-state index contributed by atoms with van der Waals surface area (Å²) in [6.07, 6.45) is 0. The number of nitriles is 1. The highest BCUT2D eigenvalue weighted by Gasteiger charge is 2.16. The number of hydrogen-bond donors (Lipinski definition) is 1. The standard InChI is InChI=1S/C20H13N3O2/c1-12-16-10-18(20(24)23-14-6-4-5-13(9-14)11-21)25-19(16)15-7-2-3-8-17(15)22-12/h2-10H,1H3,(H,23,24). The number of para-hydroxylation sites is 1. The van der Waals surface area contributed by atoms with E-state index in [0.29, 0.717) is 16.8 Å². The fraction of sp³-hybridized carbons (Fsp3) is 0.0500. The highest BCUT2D eigenvalue weighted by atomic mass is 16.3. The van der Waals surface area contributed by atoms with Crippen molar-refractivity contribution in [1.82, 2.24) is 4.98 Å². The number of benzene rings is 2. The van der Waals surface area contributed by atoms with E-state index in [1.807, 2.05) is 37.3 Å². The van der Waals surface area contributed by atoms with Crippen LogP contribution in [-0.2, 0) is 0 Å². The first kappa shape index (κ1) is 14.9. The number of carbonyl (C=O) groups is 1. The second kappa shape index (κ2) is 5.77. The molecule has 2 aromatic heterocycles. The van der Waals surface area contributed by atoms with Crippen molar-refractivity contribution in [3.05, 3.63) is 71.6 Å². The third-order valence-electron chi connectivity index (χ3n) is 4.03. The molecule has 5 heteroatoms. The molecule has 4 rings (SSSR count). The number of anilines is 1. The molecule has 0 aliphatic carbocycles. The second-order valence-corrected chi connectivity index (χ2v) is 5.71. The van der Waals surface area contributed by atoms with Crippen molar-refractivity contribution in [2.24, 2.45) is 0 Å². The fourth-order valence-corrected chi connectivity index (χ4v) is 2.83. The predicted molar refractivity (Wildman–Crippen MR) is 95.4 cm³/mol. The maximum Gasteiger partial charge on any atom is 0.291 e. The summed E-state index contributed by atoms with van der Waals surface area (Å²) in [6.45, 7) is 1.89. The number of fused-ring (bicyclic) bond motifs is 3. The molecule has 0 aliphatic rings. The van der Waals surface area contributed by atoms with Crippen molar-refractivity contribution in [2.45, 2.75) is 6.92 Å². The minimum atomic E-state index is -0.366. The Bertz CT molecular complexity index is 1170. The average Bonchev–Trinajstić information content (AvgIpc) is 3.08. The largest absolute Gasteiger partial charge is 0.450 e. The van der Waals surface area contributed by atoms with E-state index in [1.54, 1.807) is 30.3 Å². The molecule has 5 nitrogen and oxygen atoms in total. The highest BCUT2D eigenvalue weighted by molar-refractivity contribution is 6.09. The summed E-state index contributed by atoms with van der Waals surface area (Å²) in [5.74, 6) is -0.159. The van der Waals surface area contributed by atoms with Gasteiger partial charge in [-0.1, -0.05) is 18.2 Å². The number of carbonyl (C=O) groups excluding carboxylic acids is 1. The zero-order valence-corrected chi connectivity index (χ0v) is 13.4. The van der Waals surface area contributed by atoms with E-state index in [4.69, 9.17) is 9.68 Å². The summed E-state index contributed by atoms with van der Waals surface area (Å²) in [5, 5.41) is 13.4. The van der Waals surface area contributed by atoms with Crippen LogP contribution in [0.25, 0.3) is 21.9 Å². The maximum atomic E-state index is 12.5. The number of aryl methyl sites for hydroxylation is 1.